The molecule has 7 nitrogen and oxygen atoms in total. The normalized spacial score (nSPS) is 10.7. The largest absolute Gasteiger partial charge is 0.493 e. The van der Waals surface area contributed by atoms with Crippen molar-refractivity contribution in [2.75, 3.05) is 13.7 Å². The molecule has 0 fully saturated rings. The maximum Gasteiger partial charge on any atom is 0.244 e. The Morgan fingerprint density at radius 1 is 0.718 bits per heavy atom. The molecule has 0 spiro atoms. The molecule has 0 aliphatic heterocycles. The summed E-state index contributed by atoms with van der Waals surface area (Å²) in [6.07, 6.45) is 1.84. The number of methoxy groups -OCH3 is 1. The molecule has 0 aliphatic rings. The van der Waals surface area contributed by atoms with E-state index >= 15 is 0 Å². The second kappa shape index (κ2) is 14.2. The predicted molar refractivity (Wildman–Crippen MR) is 152 cm³/mol. The lowest BCUT2D eigenvalue weighted by atomic mass is 10.1. The summed E-state index contributed by atoms with van der Waals surface area (Å²) in [4.78, 5) is 12.1. The standard InChI is InChI=1S/C32H32N2O5/c1-3-37-31-18-26(21-33-34-32(35)20-24-10-6-4-7-11-24)14-16-29(31)39-23-27-15-17-28(30(19-27)36-2)38-22-25-12-8-5-9-13-25/h4-19,21H,3,20,22-23H2,1-2H3,(H,34,35)/b33-21+. The number of hydrazone groups is 1. The number of nitrogens with one attached hydrogen (secondary N) is 1. The van der Waals surface area contributed by atoms with Crippen molar-refractivity contribution >= 4 is 12.1 Å². The molecule has 0 atom stereocenters. The van der Waals surface area contributed by atoms with E-state index in [4.69, 9.17) is 18.9 Å². The SMILES string of the molecule is CCOc1cc(/C=N/NC(=O)Cc2ccccc2)ccc1OCc1ccc(OCc2ccccc2)c(OC)c1. The van der Waals surface area contributed by atoms with Gasteiger partial charge in [-0.15, -0.1) is 0 Å². The van der Waals surface area contributed by atoms with Crippen molar-refractivity contribution in [1.29, 1.82) is 0 Å². The minimum Gasteiger partial charge on any atom is -0.493 e. The lowest BCUT2D eigenvalue weighted by Crippen LogP contribution is -2.19. The van der Waals surface area contributed by atoms with E-state index in [1.165, 1.54) is 0 Å². The Balaban J connectivity index is 1.35. The van der Waals surface area contributed by atoms with Gasteiger partial charge in [-0.1, -0.05) is 66.7 Å². The van der Waals surface area contributed by atoms with Crippen LogP contribution in [0.1, 0.15) is 29.2 Å². The van der Waals surface area contributed by atoms with Crippen LogP contribution in [0.15, 0.2) is 102 Å². The summed E-state index contributed by atoms with van der Waals surface area (Å²) in [5.74, 6) is 2.31. The molecule has 1 amide bonds. The Labute approximate surface area is 229 Å². The van der Waals surface area contributed by atoms with E-state index in [1.54, 1.807) is 13.3 Å². The van der Waals surface area contributed by atoms with Crippen LogP contribution in [0.5, 0.6) is 23.0 Å². The van der Waals surface area contributed by atoms with Crippen LogP contribution in [0.3, 0.4) is 0 Å². The van der Waals surface area contributed by atoms with Gasteiger partial charge < -0.3 is 18.9 Å². The number of benzene rings is 4. The number of carbonyl (C=O) groups excluding carboxylic acids is 1. The van der Waals surface area contributed by atoms with Crippen molar-refractivity contribution in [3.63, 3.8) is 0 Å². The molecule has 0 saturated carbocycles. The molecule has 0 radical (unpaired) electrons. The summed E-state index contributed by atoms with van der Waals surface area (Å²) in [7, 11) is 1.62. The highest BCUT2D eigenvalue weighted by Gasteiger charge is 2.10. The van der Waals surface area contributed by atoms with Gasteiger partial charge in [-0.2, -0.15) is 5.10 Å². The van der Waals surface area contributed by atoms with Gasteiger partial charge in [0.15, 0.2) is 23.0 Å². The molecule has 4 aromatic rings. The summed E-state index contributed by atoms with van der Waals surface area (Å²) < 4.78 is 23.4. The highest BCUT2D eigenvalue weighted by atomic mass is 16.5. The van der Waals surface area contributed by atoms with Crippen molar-refractivity contribution < 1.29 is 23.7 Å². The molecule has 0 aromatic heterocycles. The number of hydrogen-bond donors (Lipinski definition) is 1. The first-order valence-corrected chi connectivity index (χ1v) is 12.7. The average Bonchev–Trinajstić information content (AvgIpc) is 2.97. The zero-order valence-electron chi connectivity index (χ0n) is 22.1. The third kappa shape index (κ3) is 8.36. The van der Waals surface area contributed by atoms with Gasteiger partial charge in [0.25, 0.3) is 0 Å². The van der Waals surface area contributed by atoms with Crippen LogP contribution in [-0.2, 0) is 24.4 Å². The summed E-state index contributed by atoms with van der Waals surface area (Å²) in [5, 5.41) is 4.08. The molecule has 39 heavy (non-hydrogen) atoms. The van der Waals surface area contributed by atoms with Crippen LogP contribution in [0, 0.1) is 0 Å². The zero-order valence-corrected chi connectivity index (χ0v) is 22.1. The van der Waals surface area contributed by atoms with Crippen LogP contribution in [0.2, 0.25) is 0 Å². The molecule has 0 unspecified atom stereocenters. The predicted octanol–water partition coefficient (Wildman–Crippen LogP) is 5.94. The van der Waals surface area contributed by atoms with E-state index in [0.717, 1.165) is 22.3 Å². The minimum absolute atomic E-state index is 0.186. The Kier molecular flexibility index (Phi) is 9.95. The molecule has 4 aromatic carbocycles. The maximum atomic E-state index is 12.1. The fraction of sp³-hybridized carbons (Fsp3) is 0.188. The van der Waals surface area contributed by atoms with Crippen molar-refractivity contribution in [2.45, 2.75) is 26.6 Å². The lowest BCUT2D eigenvalue weighted by molar-refractivity contribution is -0.120. The Morgan fingerprint density at radius 2 is 1.36 bits per heavy atom. The molecular formula is C32H32N2O5. The topological polar surface area (TPSA) is 78.4 Å². The van der Waals surface area contributed by atoms with Crippen molar-refractivity contribution in [2.24, 2.45) is 5.10 Å². The smallest absolute Gasteiger partial charge is 0.244 e. The van der Waals surface area contributed by atoms with Crippen LogP contribution in [0.25, 0.3) is 0 Å². The highest BCUT2D eigenvalue weighted by Crippen LogP contribution is 2.32. The number of rotatable bonds is 13. The van der Waals surface area contributed by atoms with Crippen molar-refractivity contribution in [3.8, 4) is 23.0 Å². The molecule has 7 heteroatoms. The van der Waals surface area contributed by atoms with Crippen LogP contribution in [0.4, 0.5) is 0 Å². The molecule has 1 N–H and O–H groups in total. The number of carbonyl (C=O) groups is 1. The first-order chi connectivity index (χ1) is 19.1. The van der Waals surface area contributed by atoms with E-state index in [2.05, 4.69) is 10.5 Å². The lowest BCUT2D eigenvalue weighted by Gasteiger charge is -2.15. The second-order valence-electron chi connectivity index (χ2n) is 8.64. The number of nitrogens with zero attached hydrogens (tertiary/aromatic N) is 1. The van der Waals surface area contributed by atoms with Gasteiger partial charge >= 0.3 is 0 Å². The third-order valence-electron chi connectivity index (χ3n) is 5.74. The van der Waals surface area contributed by atoms with E-state index < -0.39 is 0 Å². The van der Waals surface area contributed by atoms with Crippen LogP contribution >= 0.6 is 0 Å². The molecule has 0 heterocycles. The maximum absolute atomic E-state index is 12.1. The van der Waals surface area contributed by atoms with E-state index in [0.29, 0.717) is 42.8 Å². The van der Waals surface area contributed by atoms with Gasteiger partial charge in [-0.3, -0.25) is 4.79 Å². The molecular weight excluding hydrogens is 492 g/mol. The Hall–Kier alpha value is -4.78. The van der Waals surface area contributed by atoms with Gasteiger partial charge in [0.05, 0.1) is 26.4 Å². The van der Waals surface area contributed by atoms with Gasteiger partial charge in [-0.05, 0) is 59.5 Å². The molecule has 200 valence electrons. The molecule has 4 rings (SSSR count). The number of ether oxygens (including phenoxy) is 4. The summed E-state index contributed by atoms with van der Waals surface area (Å²) in [6, 6.07) is 30.7. The van der Waals surface area contributed by atoms with Crippen molar-refractivity contribution in [1.82, 2.24) is 5.43 Å². The fourth-order valence-corrected chi connectivity index (χ4v) is 3.81. The first-order valence-electron chi connectivity index (χ1n) is 12.7. The molecule has 0 aliphatic carbocycles. The van der Waals surface area contributed by atoms with E-state index in [9.17, 15) is 4.79 Å². The fourth-order valence-electron chi connectivity index (χ4n) is 3.81. The zero-order chi connectivity index (χ0) is 27.3. The quantitative estimate of drug-likeness (QED) is 0.173. The monoisotopic (exact) mass is 524 g/mol. The van der Waals surface area contributed by atoms with Gasteiger partial charge in [0.1, 0.15) is 13.2 Å². The summed E-state index contributed by atoms with van der Waals surface area (Å²) in [6.45, 7) is 3.16. The van der Waals surface area contributed by atoms with Gasteiger partial charge in [-0.25, -0.2) is 5.43 Å². The van der Waals surface area contributed by atoms with Crippen LogP contribution in [-0.4, -0.2) is 25.8 Å². The van der Waals surface area contributed by atoms with E-state index in [-0.39, 0.29) is 12.3 Å². The molecule has 0 bridgehead atoms. The van der Waals surface area contributed by atoms with Gasteiger partial charge in [0, 0.05) is 0 Å². The van der Waals surface area contributed by atoms with Crippen LogP contribution < -0.4 is 24.4 Å². The summed E-state index contributed by atoms with van der Waals surface area (Å²) >= 11 is 0. The highest BCUT2D eigenvalue weighted by molar-refractivity contribution is 5.84. The number of hydrogen-bond acceptors (Lipinski definition) is 6. The van der Waals surface area contributed by atoms with Gasteiger partial charge in [0.2, 0.25) is 5.91 Å². The Morgan fingerprint density at radius 3 is 2.05 bits per heavy atom. The average molecular weight is 525 g/mol. The molecule has 0 saturated heterocycles. The first kappa shape index (κ1) is 27.3. The third-order valence-corrected chi connectivity index (χ3v) is 5.74. The Bertz CT molecular complexity index is 1370. The minimum atomic E-state index is -0.186. The van der Waals surface area contributed by atoms with Crippen molar-refractivity contribution in [3.05, 3.63) is 119 Å². The second-order valence-corrected chi connectivity index (χ2v) is 8.64. The summed E-state index contributed by atoms with van der Waals surface area (Å²) in [5.41, 5.74) is 6.27. The van der Waals surface area contributed by atoms with E-state index in [1.807, 2.05) is 104 Å². The number of amides is 1.